The first-order chi connectivity index (χ1) is 8.88. The minimum atomic E-state index is -0.412. The van der Waals surface area contributed by atoms with Gasteiger partial charge in [0.25, 0.3) is 5.69 Å². The maximum absolute atomic E-state index is 10.8. The standard InChI is InChI=1S/C13H21N3O3/c1-13(2,4-5-17)9-15-11-6-10(14-3)7-12(8-11)16(18)19/h6-8,14-15,17H,4-5,9H2,1-3H3. The second-order valence-corrected chi connectivity index (χ2v) is 5.27. The summed E-state index contributed by atoms with van der Waals surface area (Å²) in [6.45, 7) is 4.84. The van der Waals surface area contributed by atoms with E-state index in [0.29, 0.717) is 24.3 Å². The maximum atomic E-state index is 10.8. The van der Waals surface area contributed by atoms with Crippen LogP contribution in [-0.2, 0) is 0 Å². The van der Waals surface area contributed by atoms with Crippen LogP contribution in [-0.4, -0.2) is 30.2 Å². The molecule has 1 aromatic carbocycles. The number of nitrogens with one attached hydrogen (secondary N) is 2. The summed E-state index contributed by atoms with van der Waals surface area (Å²) in [5.41, 5.74) is 1.37. The van der Waals surface area contributed by atoms with Crippen LogP contribution in [0, 0.1) is 15.5 Å². The van der Waals surface area contributed by atoms with Gasteiger partial charge in [0.15, 0.2) is 0 Å². The average molecular weight is 267 g/mol. The number of aliphatic hydroxyl groups excluding tert-OH is 1. The second-order valence-electron chi connectivity index (χ2n) is 5.27. The fourth-order valence-electron chi connectivity index (χ4n) is 1.70. The summed E-state index contributed by atoms with van der Waals surface area (Å²) < 4.78 is 0. The third kappa shape index (κ3) is 4.75. The quantitative estimate of drug-likeness (QED) is 0.521. The molecule has 6 heteroatoms. The van der Waals surface area contributed by atoms with Crippen molar-refractivity contribution in [2.24, 2.45) is 5.41 Å². The van der Waals surface area contributed by atoms with E-state index in [1.807, 2.05) is 19.9 Å². The van der Waals surface area contributed by atoms with Crippen molar-refractivity contribution in [2.75, 3.05) is 30.8 Å². The van der Waals surface area contributed by atoms with E-state index in [0.717, 1.165) is 0 Å². The van der Waals surface area contributed by atoms with Gasteiger partial charge in [0, 0.05) is 43.7 Å². The fraction of sp³-hybridized carbons (Fsp3) is 0.538. The number of rotatable bonds is 7. The highest BCUT2D eigenvalue weighted by molar-refractivity contribution is 5.63. The van der Waals surface area contributed by atoms with Gasteiger partial charge >= 0.3 is 0 Å². The third-order valence-electron chi connectivity index (χ3n) is 2.98. The number of benzene rings is 1. The highest BCUT2D eigenvalue weighted by Crippen LogP contribution is 2.26. The predicted molar refractivity (Wildman–Crippen MR) is 76.6 cm³/mol. The molecule has 0 radical (unpaired) electrons. The molecule has 0 aliphatic heterocycles. The normalized spacial score (nSPS) is 11.2. The number of hydrogen-bond donors (Lipinski definition) is 3. The Morgan fingerprint density at radius 3 is 2.47 bits per heavy atom. The molecule has 0 atom stereocenters. The van der Waals surface area contributed by atoms with Gasteiger partial charge in [-0.2, -0.15) is 0 Å². The smallest absolute Gasteiger partial charge is 0.273 e. The van der Waals surface area contributed by atoms with Crippen molar-refractivity contribution < 1.29 is 10.0 Å². The molecule has 0 saturated heterocycles. The molecule has 0 unspecified atom stereocenters. The summed E-state index contributed by atoms with van der Waals surface area (Å²) in [4.78, 5) is 10.4. The molecule has 6 nitrogen and oxygen atoms in total. The molecule has 0 aliphatic rings. The molecule has 1 aromatic rings. The van der Waals surface area contributed by atoms with Gasteiger partial charge in [0.1, 0.15) is 0 Å². The number of nitro groups is 1. The Balaban J connectivity index is 2.83. The number of aliphatic hydroxyl groups is 1. The van der Waals surface area contributed by atoms with E-state index in [4.69, 9.17) is 5.11 Å². The van der Waals surface area contributed by atoms with Crippen molar-refractivity contribution in [2.45, 2.75) is 20.3 Å². The van der Waals surface area contributed by atoms with E-state index in [9.17, 15) is 10.1 Å². The SMILES string of the molecule is CNc1cc(NCC(C)(C)CCO)cc([N+](=O)[O-])c1. The maximum Gasteiger partial charge on any atom is 0.273 e. The zero-order valence-electron chi connectivity index (χ0n) is 11.6. The minimum absolute atomic E-state index is 0.0503. The zero-order chi connectivity index (χ0) is 14.5. The second kappa shape index (κ2) is 6.38. The van der Waals surface area contributed by atoms with E-state index in [1.165, 1.54) is 12.1 Å². The van der Waals surface area contributed by atoms with Gasteiger partial charge in [-0.05, 0) is 17.9 Å². The van der Waals surface area contributed by atoms with Gasteiger partial charge < -0.3 is 15.7 Å². The van der Waals surface area contributed by atoms with Crippen LogP contribution >= 0.6 is 0 Å². The van der Waals surface area contributed by atoms with Crippen LogP contribution in [0.15, 0.2) is 18.2 Å². The highest BCUT2D eigenvalue weighted by Gasteiger charge is 2.17. The molecule has 0 fully saturated rings. The predicted octanol–water partition coefficient (Wildman–Crippen LogP) is 2.46. The topological polar surface area (TPSA) is 87.4 Å². The zero-order valence-corrected chi connectivity index (χ0v) is 11.6. The molecule has 0 aromatic heterocycles. The first-order valence-corrected chi connectivity index (χ1v) is 6.20. The van der Waals surface area contributed by atoms with Crippen molar-refractivity contribution in [1.29, 1.82) is 0 Å². The largest absolute Gasteiger partial charge is 0.396 e. The lowest BCUT2D eigenvalue weighted by Crippen LogP contribution is -2.24. The lowest BCUT2D eigenvalue weighted by atomic mass is 9.89. The van der Waals surface area contributed by atoms with Crippen molar-refractivity contribution in [3.63, 3.8) is 0 Å². The average Bonchev–Trinajstić information content (AvgIpc) is 2.36. The molecule has 0 aliphatic carbocycles. The van der Waals surface area contributed by atoms with Crippen LogP contribution in [0.2, 0.25) is 0 Å². The van der Waals surface area contributed by atoms with Crippen molar-refractivity contribution in [3.8, 4) is 0 Å². The van der Waals surface area contributed by atoms with Crippen molar-refractivity contribution in [1.82, 2.24) is 0 Å². The Morgan fingerprint density at radius 1 is 1.32 bits per heavy atom. The van der Waals surface area contributed by atoms with E-state index >= 15 is 0 Å². The van der Waals surface area contributed by atoms with Crippen molar-refractivity contribution in [3.05, 3.63) is 28.3 Å². The fourth-order valence-corrected chi connectivity index (χ4v) is 1.70. The van der Waals surface area contributed by atoms with Crippen LogP contribution in [0.5, 0.6) is 0 Å². The van der Waals surface area contributed by atoms with E-state index in [2.05, 4.69) is 10.6 Å². The van der Waals surface area contributed by atoms with Gasteiger partial charge in [-0.25, -0.2) is 0 Å². The van der Waals surface area contributed by atoms with Gasteiger partial charge in [0.05, 0.1) is 4.92 Å². The molecule has 19 heavy (non-hydrogen) atoms. The summed E-state index contributed by atoms with van der Waals surface area (Å²) in [5, 5.41) is 25.9. The number of hydrogen-bond acceptors (Lipinski definition) is 5. The van der Waals surface area contributed by atoms with Crippen LogP contribution < -0.4 is 10.6 Å². The monoisotopic (exact) mass is 267 g/mol. The summed E-state index contributed by atoms with van der Waals surface area (Å²) in [6.07, 6.45) is 0.674. The Hall–Kier alpha value is -1.82. The Bertz CT molecular complexity index is 447. The van der Waals surface area contributed by atoms with Crippen LogP contribution in [0.1, 0.15) is 20.3 Å². The molecule has 1 rings (SSSR count). The number of non-ortho nitro benzene ring substituents is 1. The molecule has 0 spiro atoms. The lowest BCUT2D eigenvalue weighted by Gasteiger charge is -2.24. The molecule has 0 amide bonds. The van der Waals surface area contributed by atoms with Crippen LogP contribution in [0.25, 0.3) is 0 Å². The van der Waals surface area contributed by atoms with Gasteiger partial charge in [-0.15, -0.1) is 0 Å². The highest BCUT2D eigenvalue weighted by atomic mass is 16.6. The Labute approximate surface area is 113 Å². The third-order valence-corrected chi connectivity index (χ3v) is 2.98. The lowest BCUT2D eigenvalue weighted by molar-refractivity contribution is -0.384. The van der Waals surface area contributed by atoms with Gasteiger partial charge in [-0.3, -0.25) is 10.1 Å². The molecule has 3 N–H and O–H groups in total. The number of nitrogens with zero attached hydrogens (tertiary/aromatic N) is 1. The molecular weight excluding hydrogens is 246 g/mol. The number of nitro benzene ring substituents is 1. The van der Waals surface area contributed by atoms with Crippen molar-refractivity contribution >= 4 is 17.1 Å². The Kier molecular flexibility index (Phi) is 5.11. The first-order valence-electron chi connectivity index (χ1n) is 6.20. The molecule has 0 bridgehead atoms. The number of anilines is 2. The molecule has 0 heterocycles. The summed E-state index contributed by atoms with van der Waals surface area (Å²) in [5.74, 6) is 0. The first kappa shape index (κ1) is 15.2. The summed E-state index contributed by atoms with van der Waals surface area (Å²) in [7, 11) is 1.72. The van der Waals surface area contributed by atoms with Crippen LogP contribution in [0.3, 0.4) is 0 Å². The molecule has 106 valence electrons. The Morgan fingerprint density at radius 2 is 1.95 bits per heavy atom. The summed E-state index contributed by atoms with van der Waals surface area (Å²) >= 11 is 0. The van der Waals surface area contributed by atoms with E-state index in [-0.39, 0.29) is 17.7 Å². The minimum Gasteiger partial charge on any atom is -0.396 e. The molecule has 0 saturated carbocycles. The van der Waals surface area contributed by atoms with Gasteiger partial charge in [0.2, 0.25) is 0 Å². The van der Waals surface area contributed by atoms with E-state index < -0.39 is 4.92 Å². The molecular formula is C13H21N3O3. The van der Waals surface area contributed by atoms with Crippen LogP contribution in [0.4, 0.5) is 17.1 Å². The van der Waals surface area contributed by atoms with E-state index in [1.54, 1.807) is 7.05 Å². The summed E-state index contributed by atoms with van der Waals surface area (Å²) in [6, 6.07) is 4.82. The van der Waals surface area contributed by atoms with Gasteiger partial charge in [-0.1, -0.05) is 13.8 Å².